The summed E-state index contributed by atoms with van der Waals surface area (Å²) in [6, 6.07) is -1.27. The lowest BCUT2D eigenvalue weighted by Crippen LogP contribution is -2.68. The molecular weight excluding hydrogens is 498 g/mol. The van der Waals surface area contributed by atoms with Crippen LogP contribution in [0.25, 0.3) is 11.2 Å². The number of unbranched alkanes of at least 4 members (excludes halogenated alkanes) is 3. The molecule has 212 valence electrons. The molecule has 0 saturated carbocycles. The smallest absolute Gasteiger partial charge is 0.239 e. The Balaban J connectivity index is 1.53. The van der Waals surface area contributed by atoms with Crippen LogP contribution in [0.5, 0.6) is 0 Å². The molecule has 0 radical (unpaired) electrons. The molecule has 14 heteroatoms. The Hall–Kier alpha value is -2.91. The molecule has 14 nitrogen and oxygen atoms in total. The summed E-state index contributed by atoms with van der Waals surface area (Å²) in [6.07, 6.45) is 0.791. The molecule has 1 aliphatic heterocycles. The third-order valence-corrected chi connectivity index (χ3v) is 6.46. The molecule has 1 fully saturated rings. The maximum Gasteiger partial charge on any atom is 0.239 e. The number of nitrogens with zero attached hydrogens (tertiary/aromatic N) is 3. The lowest BCUT2D eigenvalue weighted by molar-refractivity contribution is -0.204. The van der Waals surface area contributed by atoms with Gasteiger partial charge in [-0.2, -0.15) is 0 Å². The van der Waals surface area contributed by atoms with Gasteiger partial charge < -0.3 is 46.1 Å². The minimum atomic E-state index is -1.59. The molecule has 2 amide bonds. The molecule has 8 N–H and O–H groups in total. The predicted molar refractivity (Wildman–Crippen MR) is 137 cm³/mol. The number of anilines is 1. The molecule has 6 atom stereocenters. The van der Waals surface area contributed by atoms with Gasteiger partial charge in [0.15, 0.2) is 17.7 Å². The number of ether oxygens (including phenoxy) is 1. The summed E-state index contributed by atoms with van der Waals surface area (Å²) < 4.78 is 5.76. The van der Waals surface area contributed by atoms with Gasteiger partial charge >= 0.3 is 0 Å². The van der Waals surface area contributed by atoms with Crippen LogP contribution in [-0.2, 0) is 14.3 Å². The van der Waals surface area contributed by atoms with Crippen LogP contribution in [0.1, 0.15) is 52.4 Å². The molecule has 0 spiro atoms. The van der Waals surface area contributed by atoms with Gasteiger partial charge in [-0.05, 0) is 12.3 Å². The number of imidazole rings is 1. The van der Waals surface area contributed by atoms with E-state index >= 15 is 0 Å². The Labute approximate surface area is 220 Å². The summed E-state index contributed by atoms with van der Waals surface area (Å²) >= 11 is 0. The van der Waals surface area contributed by atoms with E-state index in [2.05, 4.69) is 49.7 Å². The molecule has 1 saturated heterocycles. The van der Waals surface area contributed by atoms with Gasteiger partial charge in [-0.3, -0.25) is 9.59 Å². The van der Waals surface area contributed by atoms with E-state index in [9.17, 15) is 30.0 Å². The average Bonchev–Trinajstić information content (AvgIpc) is 3.38. The van der Waals surface area contributed by atoms with Gasteiger partial charge in [0.2, 0.25) is 11.8 Å². The Morgan fingerprint density at radius 1 is 1.08 bits per heavy atom. The number of rotatable bonds is 14. The van der Waals surface area contributed by atoms with Gasteiger partial charge in [0.1, 0.15) is 36.3 Å². The predicted octanol–water partition coefficient (Wildman–Crippen LogP) is -0.838. The van der Waals surface area contributed by atoms with Crippen LogP contribution in [0, 0.1) is 5.92 Å². The maximum atomic E-state index is 12.5. The summed E-state index contributed by atoms with van der Waals surface area (Å²) in [6.45, 7) is 3.28. The summed E-state index contributed by atoms with van der Waals surface area (Å²) in [5.41, 5.74) is 0.789. The zero-order valence-corrected chi connectivity index (χ0v) is 21.7. The van der Waals surface area contributed by atoms with E-state index in [0.717, 1.165) is 32.1 Å². The number of aliphatic hydroxyl groups is 4. The van der Waals surface area contributed by atoms with E-state index < -0.39 is 49.2 Å². The molecular formula is C24H39N7O7. The van der Waals surface area contributed by atoms with Crippen molar-refractivity contribution in [2.45, 2.75) is 89.1 Å². The molecule has 2 aromatic rings. The largest absolute Gasteiger partial charge is 0.394 e. The summed E-state index contributed by atoms with van der Waals surface area (Å²) in [5.74, 6) is -0.0221. The average molecular weight is 538 g/mol. The number of hydrogen-bond donors (Lipinski definition) is 8. The first kappa shape index (κ1) is 29.6. The third-order valence-electron chi connectivity index (χ3n) is 6.46. The van der Waals surface area contributed by atoms with Crippen molar-refractivity contribution in [2.24, 2.45) is 5.92 Å². The van der Waals surface area contributed by atoms with Crippen molar-refractivity contribution in [3.8, 4) is 0 Å². The summed E-state index contributed by atoms with van der Waals surface area (Å²) in [5, 5.41) is 49.2. The zero-order valence-electron chi connectivity index (χ0n) is 21.7. The number of hydrogen-bond acceptors (Lipinski definition) is 11. The monoisotopic (exact) mass is 537 g/mol. The molecule has 3 heterocycles. The van der Waals surface area contributed by atoms with Gasteiger partial charge in [0, 0.05) is 6.42 Å². The van der Waals surface area contributed by atoms with E-state index in [1.165, 1.54) is 12.7 Å². The highest BCUT2D eigenvalue weighted by Gasteiger charge is 2.48. The second-order valence-corrected chi connectivity index (χ2v) is 9.94. The fourth-order valence-corrected chi connectivity index (χ4v) is 4.35. The van der Waals surface area contributed by atoms with E-state index in [-0.39, 0.29) is 18.3 Å². The number of carbonyl (C=O) groups is 2. The SMILES string of the molecule is CC(C)CCCCCCC(=O)NCC(=O)N[C@@H]1[C@@H](O)[C@H](O)[C@H](Nc2ncnc3nc[nH]c23)O[C@H]1[C@@H](O)CO. The molecule has 0 aromatic carbocycles. The third kappa shape index (κ3) is 8.04. The van der Waals surface area contributed by atoms with Gasteiger partial charge in [0.25, 0.3) is 0 Å². The number of fused-ring (bicyclic) bond motifs is 1. The molecule has 0 bridgehead atoms. The van der Waals surface area contributed by atoms with E-state index in [0.29, 0.717) is 23.5 Å². The van der Waals surface area contributed by atoms with Crippen molar-refractivity contribution in [1.82, 2.24) is 30.6 Å². The first-order chi connectivity index (χ1) is 18.2. The van der Waals surface area contributed by atoms with Crippen LogP contribution in [0.2, 0.25) is 0 Å². The normalized spacial score (nSPS) is 24.3. The number of aromatic amines is 1. The van der Waals surface area contributed by atoms with Gasteiger partial charge in [-0.25, -0.2) is 15.0 Å². The molecule has 0 unspecified atom stereocenters. The second kappa shape index (κ2) is 14.3. The van der Waals surface area contributed by atoms with Crippen molar-refractivity contribution in [1.29, 1.82) is 0 Å². The fraction of sp³-hybridized carbons (Fsp3) is 0.708. The van der Waals surface area contributed by atoms with Gasteiger partial charge in [-0.1, -0.05) is 39.5 Å². The van der Waals surface area contributed by atoms with Crippen LogP contribution in [-0.4, -0.2) is 102 Å². The Morgan fingerprint density at radius 3 is 2.58 bits per heavy atom. The Morgan fingerprint density at radius 2 is 1.84 bits per heavy atom. The highest BCUT2D eigenvalue weighted by Crippen LogP contribution is 2.26. The zero-order chi connectivity index (χ0) is 27.7. The first-order valence-electron chi connectivity index (χ1n) is 13.0. The number of nitrogens with one attached hydrogen (secondary N) is 4. The second-order valence-electron chi connectivity index (χ2n) is 9.94. The first-order valence-corrected chi connectivity index (χ1v) is 13.0. The molecule has 0 aliphatic carbocycles. The minimum Gasteiger partial charge on any atom is -0.394 e. The standard InChI is InChI=1S/C24H39N7O7/c1-13(2)7-5-3-4-6-8-15(34)25-9-16(35)30-17-19(36)20(37)24(38-21(17)14(33)10-32)31-23-18-22(27-11-26-18)28-12-29-23/h11-14,17,19-21,24,32-33,36-37H,3-10H2,1-2H3,(H,25,34)(H,30,35)(H2,26,27,28,29,31)/t14-,17+,19+,20-,21-,24+/m0/s1. The Kier molecular flexibility index (Phi) is 11.2. The van der Waals surface area contributed by atoms with Crippen LogP contribution >= 0.6 is 0 Å². The molecule has 3 rings (SSSR count). The number of aromatic nitrogens is 4. The summed E-state index contributed by atoms with van der Waals surface area (Å²) in [7, 11) is 0. The highest BCUT2D eigenvalue weighted by atomic mass is 16.5. The lowest BCUT2D eigenvalue weighted by atomic mass is 9.92. The Bertz CT molecular complexity index is 1040. The van der Waals surface area contributed by atoms with Crippen LogP contribution < -0.4 is 16.0 Å². The fourth-order valence-electron chi connectivity index (χ4n) is 4.35. The number of carbonyl (C=O) groups excluding carboxylic acids is 2. The van der Waals surface area contributed by atoms with Crippen LogP contribution in [0.3, 0.4) is 0 Å². The van der Waals surface area contributed by atoms with E-state index in [1.54, 1.807) is 0 Å². The minimum absolute atomic E-state index is 0.228. The van der Waals surface area contributed by atoms with Crippen molar-refractivity contribution in [3.05, 3.63) is 12.7 Å². The quantitative estimate of drug-likeness (QED) is 0.139. The van der Waals surface area contributed by atoms with Gasteiger partial charge in [0.05, 0.1) is 25.5 Å². The number of amides is 2. The summed E-state index contributed by atoms with van der Waals surface area (Å²) in [4.78, 5) is 39.6. The van der Waals surface area contributed by atoms with Crippen molar-refractivity contribution in [3.63, 3.8) is 0 Å². The van der Waals surface area contributed by atoms with Crippen molar-refractivity contribution in [2.75, 3.05) is 18.5 Å². The number of aliphatic hydroxyl groups excluding tert-OH is 4. The van der Waals surface area contributed by atoms with E-state index in [1.807, 2.05) is 0 Å². The van der Waals surface area contributed by atoms with Crippen molar-refractivity contribution < 1.29 is 34.8 Å². The van der Waals surface area contributed by atoms with Crippen LogP contribution in [0.15, 0.2) is 12.7 Å². The lowest BCUT2D eigenvalue weighted by Gasteiger charge is -2.44. The van der Waals surface area contributed by atoms with Crippen LogP contribution in [0.4, 0.5) is 5.82 Å². The highest BCUT2D eigenvalue weighted by molar-refractivity contribution is 5.85. The number of H-pyrrole nitrogens is 1. The van der Waals surface area contributed by atoms with Crippen molar-refractivity contribution >= 4 is 28.8 Å². The molecule has 38 heavy (non-hydrogen) atoms. The van der Waals surface area contributed by atoms with Gasteiger partial charge in [-0.15, -0.1) is 0 Å². The topological polar surface area (TPSA) is 215 Å². The maximum absolute atomic E-state index is 12.5. The molecule has 1 aliphatic rings. The molecule has 2 aromatic heterocycles. The van der Waals surface area contributed by atoms with E-state index in [4.69, 9.17) is 4.74 Å².